The van der Waals surface area contributed by atoms with Gasteiger partial charge in [-0.1, -0.05) is 6.07 Å². The van der Waals surface area contributed by atoms with Crippen LogP contribution in [-0.4, -0.2) is 20.1 Å². The smallest absolute Gasteiger partial charge is 0.157 e. The third kappa shape index (κ3) is 1.40. The highest BCUT2D eigenvalue weighted by atomic mass is 16.3. The zero-order valence-corrected chi connectivity index (χ0v) is 8.38. The van der Waals surface area contributed by atoms with Gasteiger partial charge in [0.15, 0.2) is 5.82 Å². The third-order valence-electron chi connectivity index (χ3n) is 2.37. The molecule has 4 nitrogen and oxygen atoms in total. The number of fused-ring (bicyclic) bond motifs is 1. The van der Waals surface area contributed by atoms with Crippen LogP contribution in [0.1, 0.15) is 0 Å². The fourth-order valence-corrected chi connectivity index (χ4v) is 1.62. The molecule has 0 aliphatic heterocycles. The van der Waals surface area contributed by atoms with Crippen LogP contribution in [0.3, 0.4) is 0 Å². The van der Waals surface area contributed by atoms with E-state index < -0.39 is 0 Å². The van der Waals surface area contributed by atoms with Crippen molar-refractivity contribution in [1.29, 1.82) is 0 Å². The number of nitrogens with one attached hydrogen (secondary N) is 1. The molecule has 0 radical (unpaired) electrons. The predicted molar refractivity (Wildman–Crippen MR) is 61.0 cm³/mol. The first kappa shape index (κ1) is 8.91. The molecule has 3 rings (SSSR count). The summed E-state index contributed by atoms with van der Waals surface area (Å²) < 4.78 is 0. The van der Waals surface area contributed by atoms with E-state index in [1.807, 2.05) is 18.2 Å². The quantitative estimate of drug-likeness (QED) is 0.649. The minimum absolute atomic E-state index is 0.214. The first-order valence-corrected chi connectivity index (χ1v) is 4.93. The van der Waals surface area contributed by atoms with Gasteiger partial charge < -0.3 is 10.1 Å². The van der Waals surface area contributed by atoms with Gasteiger partial charge >= 0.3 is 0 Å². The third-order valence-corrected chi connectivity index (χ3v) is 2.37. The van der Waals surface area contributed by atoms with Gasteiger partial charge in [0, 0.05) is 12.3 Å². The summed E-state index contributed by atoms with van der Waals surface area (Å²) in [6, 6.07) is 10.7. The molecule has 4 heteroatoms. The molecule has 1 aromatic carbocycles. The highest BCUT2D eigenvalue weighted by Crippen LogP contribution is 2.21. The second-order valence-electron chi connectivity index (χ2n) is 3.50. The summed E-state index contributed by atoms with van der Waals surface area (Å²) in [6.45, 7) is 0. The summed E-state index contributed by atoms with van der Waals surface area (Å²) in [5.41, 5.74) is 2.41. The molecule has 0 saturated carbocycles. The van der Waals surface area contributed by atoms with E-state index in [9.17, 15) is 5.11 Å². The van der Waals surface area contributed by atoms with E-state index in [4.69, 9.17) is 0 Å². The lowest BCUT2D eigenvalue weighted by Crippen LogP contribution is -1.82. The number of aromatic amines is 1. The normalized spacial score (nSPS) is 10.8. The van der Waals surface area contributed by atoms with Gasteiger partial charge in [-0.25, -0.2) is 4.98 Å². The van der Waals surface area contributed by atoms with E-state index in [-0.39, 0.29) is 5.75 Å². The van der Waals surface area contributed by atoms with Crippen LogP contribution in [0.5, 0.6) is 5.75 Å². The van der Waals surface area contributed by atoms with E-state index in [0.29, 0.717) is 5.82 Å². The fraction of sp³-hybridized carbons (Fsp3) is 0. The summed E-state index contributed by atoms with van der Waals surface area (Å²) in [6.07, 6.45) is 1.72. The van der Waals surface area contributed by atoms with Crippen molar-refractivity contribution in [3.05, 3.63) is 42.6 Å². The number of aromatic nitrogens is 3. The topological polar surface area (TPSA) is 61.8 Å². The fourth-order valence-electron chi connectivity index (χ4n) is 1.62. The number of imidazole rings is 1. The highest BCUT2D eigenvalue weighted by Gasteiger charge is 2.05. The van der Waals surface area contributed by atoms with E-state index in [1.54, 1.807) is 24.4 Å². The molecule has 0 aliphatic rings. The van der Waals surface area contributed by atoms with Crippen LogP contribution < -0.4 is 0 Å². The van der Waals surface area contributed by atoms with Crippen molar-refractivity contribution in [2.24, 2.45) is 0 Å². The average Bonchev–Trinajstić information content (AvgIpc) is 2.73. The van der Waals surface area contributed by atoms with Crippen molar-refractivity contribution >= 4 is 11.0 Å². The first-order chi connectivity index (χ1) is 7.83. The number of nitrogens with zero attached hydrogens (tertiary/aromatic N) is 2. The zero-order valence-electron chi connectivity index (χ0n) is 8.38. The summed E-state index contributed by atoms with van der Waals surface area (Å²) in [5.74, 6) is 0.924. The second-order valence-corrected chi connectivity index (χ2v) is 3.50. The second kappa shape index (κ2) is 3.34. The van der Waals surface area contributed by atoms with Crippen molar-refractivity contribution in [1.82, 2.24) is 15.0 Å². The van der Waals surface area contributed by atoms with Gasteiger partial charge in [-0.05, 0) is 24.3 Å². The molecule has 0 saturated heterocycles. The maximum absolute atomic E-state index is 9.34. The largest absolute Gasteiger partial charge is 0.508 e. The van der Waals surface area contributed by atoms with Gasteiger partial charge in [-0.3, -0.25) is 4.98 Å². The Morgan fingerprint density at radius 3 is 2.88 bits per heavy atom. The van der Waals surface area contributed by atoms with Gasteiger partial charge in [0.1, 0.15) is 11.4 Å². The molecule has 0 bridgehead atoms. The molecule has 2 aromatic heterocycles. The standard InChI is InChI=1S/C12H9N3O/c16-8-4-5-9-11(7-8)15-12(14-9)10-3-1-2-6-13-10/h1-7,16H,(H,14,15). The number of benzene rings is 1. The molecular weight excluding hydrogens is 202 g/mol. The van der Waals surface area contributed by atoms with Gasteiger partial charge in [0.25, 0.3) is 0 Å². The van der Waals surface area contributed by atoms with Crippen LogP contribution in [0.2, 0.25) is 0 Å². The number of phenolic OH excluding ortho intramolecular Hbond substituents is 1. The predicted octanol–water partition coefficient (Wildman–Crippen LogP) is 2.33. The van der Waals surface area contributed by atoms with Gasteiger partial charge in [0.2, 0.25) is 0 Å². The molecule has 0 fully saturated rings. The minimum atomic E-state index is 0.214. The number of pyridine rings is 1. The van der Waals surface area contributed by atoms with Crippen LogP contribution in [0, 0.1) is 0 Å². The number of phenols is 1. The molecule has 16 heavy (non-hydrogen) atoms. The minimum Gasteiger partial charge on any atom is -0.508 e. The molecular formula is C12H9N3O. The number of rotatable bonds is 1. The molecule has 3 aromatic rings. The van der Waals surface area contributed by atoms with E-state index in [0.717, 1.165) is 16.7 Å². The summed E-state index contributed by atoms with van der Waals surface area (Å²) >= 11 is 0. The van der Waals surface area contributed by atoms with Gasteiger partial charge in [-0.15, -0.1) is 0 Å². The van der Waals surface area contributed by atoms with Crippen LogP contribution in [-0.2, 0) is 0 Å². The van der Waals surface area contributed by atoms with Crippen molar-refractivity contribution < 1.29 is 5.11 Å². The Morgan fingerprint density at radius 1 is 1.12 bits per heavy atom. The van der Waals surface area contributed by atoms with Crippen LogP contribution >= 0.6 is 0 Å². The van der Waals surface area contributed by atoms with Crippen molar-refractivity contribution in [3.63, 3.8) is 0 Å². The molecule has 0 atom stereocenters. The Morgan fingerprint density at radius 2 is 2.06 bits per heavy atom. The van der Waals surface area contributed by atoms with E-state index >= 15 is 0 Å². The van der Waals surface area contributed by atoms with Crippen molar-refractivity contribution in [2.45, 2.75) is 0 Å². The van der Waals surface area contributed by atoms with Gasteiger partial charge in [0.05, 0.1) is 11.0 Å². The van der Waals surface area contributed by atoms with Crippen LogP contribution in [0.25, 0.3) is 22.6 Å². The average molecular weight is 211 g/mol. The SMILES string of the molecule is Oc1ccc2[nH]c(-c3ccccn3)nc2c1. The van der Waals surface area contributed by atoms with E-state index in [1.165, 1.54) is 0 Å². The monoisotopic (exact) mass is 211 g/mol. The lowest BCUT2D eigenvalue weighted by Gasteiger charge is -1.92. The number of hydrogen-bond acceptors (Lipinski definition) is 3. The summed E-state index contributed by atoms with van der Waals surface area (Å²) in [5, 5.41) is 9.34. The molecule has 0 amide bonds. The number of aromatic hydroxyl groups is 1. The Hall–Kier alpha value is -2.36. The molecule has 0 aliphatic carbocycles. The van der Waals surface area contributed by atoms with Crippen LogP contribution in [0.15, 0.2) is 42.6 Å². The Kier molecular flexibility index (Phi) is 1.86. The maximum atomic E-state index is 9.34. The Bertz CT molecular complexity index is 631. The number of hydrogen-bond donors (Lipinski definition) is 2. The Balaban J connectivity index is 2.19. The molecule has 0 spiro atoms. The Labute approximate surface area is 91.6 Å². The molecule has 2 N–H and O–H groups in total. The summed E-state index contributed by atoms with van der Waals surface area (Å²) in [7, 11) is 0. The molecule has 2 heterocycles. The maximum Gasteiger partial charge on any atom is 0.157 e. The molecule has 78 valence electrons. The zero-order chi connectivity index (χ0) is 11.0. The highest BCUT2D eigenvalue weighted by molar-refractivity contribution is 5.80. The van der Waals surface area contributed by atoms with Crippen molar-refractivity contribution in [3.8, 4) is 17.3 Å². The lowest BCUT2D eigenvalue weighted by molar-refractivity contribution is 0.476. The lowest BCUT2D eigenvalue weighted by atomic mass is 10.3. The molecule has 0 unspecified atom stereocenters. The van der Waals surface area contributed by atoms with Crippen molar-refractivity contribution in [2.75, 3.05) is 0 Å². The summed E-state index contributed by atoms with van der Waals surface area (Å²) in [4.78, 5) is 11.7. The van der Waals surface area contributed by atoms with Gasteiger partial charge in [-0.2, -0.15) is 0 Å². The van der Waals surface area contributed by atoms with E-state index in [2.05, 4.69) is 15.0 Å². The first-order valence-electron chi connectivity index (χ1n) is 4.93. The van der Waals surface area contributed by atoms with Crippen LogP contribution in [0.4, 0.5) is 0 Å². The number of H-pyrrole nitrogens is 1.